The molecule has 1 atom stereocenters. The molecule has 0 fully saturated rings. The highest BCUT2D eigenvalue weighted by Crippen LogP contribution is 2.38. The molecule has 32 heavy (non-hydrogen) atoms. The van der Waals surface area contributed by atoms with Crippen LogP contribution in [-0.2, 0) is 6.18 Å². The summed E-state index contributed by atoms with van der Waals surface area (Å²) >= 11 is 1.71. The fourth-order valence-electron chi connectivity index (χ4n) is 3.18. The number of nitrogens with zero attached hydrogens (tertiary/aromatic N) is 3. The average Bonchev–Trinajstić information content (AvgIpc) is 2.77. The molecule has 1 heterocycles. The zero-order valence-corrected chi connectivity index (χ0v) is 21.5. The van der Waals surface area contributed by atoms with Crippen LogP contribution in [0, 0.1) is 5.41 Å². The van der Waals surface area contributed by atoms with Gasteiger partial charge < -0.3 is 10.4 Å². The average molecular weight is 479 g/mol. The van der Waals surface area contributed by atoms with Crippen molar-refractivity contribution < 1.29 is 18.3 Å². The fourth-order valence-corrected chi connectivity index (χ4v) is 4.60. The Labute approximate surface area is 196 Å². The van der Waals surface area contributed by atoms with Crippen LogP contribution < -0.4 is 5.32 Å². The summed E-state index contributed by atoms with van der Waals surface area (Å²) in [5.41, 5.74) is 1.38. The van der Waals surface area contributed by atoms with Crippen LogP contribution in [0.3, 0.4) is 0 Å². The highest BCUT2D eigenvalue weighted by atomic mass is 32.2. The SMILES string of the molecule is CC.CCCN(CCNc1ncc(C(F)(F)F)cn1)SCC(CO)(CCC)C(C)=C(C)C. The summed E-state index contributed by atoms with van der Waals surface area (Å²) in [5, 5.41) is 13.2. The minimum Gasteiger partial charge on any atom is -0.395 e. The van der Waals surface area contributed by atoms with E-state index in [1.54, 1.807) is 11.9 Å². The first-order chi connectivity index (χ1) is 15.1. The predicted octanol–water partition coefficient (Wildman–Crippen LogP) is 6.43. The third-order valence-corrected chi connectivity index (χ3v) is 6.61. The number of nitrogens with one attached hydrogen (secondary N) is 1. The molecule has 1 aromatic rings. The lowest BCUT2D eigenvalue weighted by Crippen LogP contribution is -2.34. The maximum Gasteiger partial charge on any atom is 0.419 e. The van der Waals surface area contributed by atoms with E-state index in [1.165, 1.54) is 11.1 Å². The van der Waals surface area contributed by atoms with Crippen molar-refractivity contribution in [1.29, 1.82) is 0 Å². The molecule has 0 spiro atoms. The first-order valence-corrected chi connectivity index (χ1v) is 12.3. The highest BCUT2D eigenvalue weighted by Gasteiger charge is 2.32. The van der Waals surface area contributed by atoms with E-state index in [1.807, 2.05) is 13.8 Å². The number of halogens is 3. The van der Waals surface area contributed by atoms with Gasteiger partial charge in [-0.05, 0) is 33.6 Å². The van der Waals surface area contributed by atoms with Crippen LogP contribution in [0.15, 0.2) is 23.5 Å². The number of hydrogen-bond acceptors (Lipinski definition) is 6. The molecule has 2 N–H and O–H groups in total. The number of allylic oxidation sites excluding steroid dienone is 1. The Hall–Kier alpha value is -1.32. The molecular weight excluding hydrogens is 437 g/mol. The van der Waals surface area contributed by atoms with Gasteiger partial charge in [-0.2, -0.15) is 13.2 Å². The van der Waals surface area contributed by atoms with E-state index in [-0.39, 0.29) is 18.0 Å². The lowest BCUT2D eigenvalue weighted by Gasteiger charge is -2.35. The topological polar surface area (TPSA) is 61.3 Å². The number of hydrogen-bond donors (Lipinski definition) is 2. The van der Waals surface area contributed by atoms with Crippen molar-refractivity contribution in [2.75, 3.05) is 37.3 Å². The molecule has 1 aromatic heterocycles. The van der Waals surface area contributed by atoms with Crippen molar-refractivity contribution in [2.24, 2.45) is 5.41 Å². The van der Waals surface area contributed by atoms with Crippen molar-refractivity contribution in [1.82, 2.24) is 14.3 Å². The summed E-state index contributed by atoms with van der Waals surface area (Å²) in [6.45, 7) is 16.7. The Balaban J connectivity index is 0.00000466. The van der Waals surface area contributed by atoms with Crippen LogP contribution in [0.1, 0.15) is 73.3 Å². The standard InChI is InChI=1S/C21H35F3N4OS.C2H6/c1-6-8-20(14-29,17(5)16(3)4)15-30-28(10-7-2)11-9-25-19-26-12-18(13-27-19)21(22,23)24;1-2/h12-13,29H,6-11,14-15H2,1-5H3,(H,25,26,27);1-2H3. The molecule has 0 aliphatic heterocycles. The Morgan fingerprint density at radius 2 is 1.66 bits per heavy atom. The van der Waals surface area contributed by atoms with Crippen LogP contribution in [0.5, 0.6) is 0 Å². The Kier molecular flexibility index (Phi) is 14.9. The fraction of sp³-hybridized carbons (Fsp3) is 0.739. The van der Waals surface area contributed by atoms with Crippen LogP contribution >= 0.6 is 11.9 Å². The highest BCUT2D eigenvalue weighted by molar-refractivity contribution is 7.97. The minimum atomic E-state index is -4.44. The lowest BCUT2D eigenvalue weighted by atomic mass is 9.77. The molecule has 0 aliphatic rings. The van der Waals surface area contributed by atoms with E-state index in [9.17, 15) is 18.3 Å². The van der Waals surface area contributed by atoms with Crippen molar-refractivity contribution in [2.45, 2.75) is 73.9 Å². The van der Waals surface area contributed by atoms with Gasteiger partial charge in [0, 0.05) is 43.2 Å². The Bertz CT molecular complexity index is 664. The minimum absolute atomic E-state index is 0.114. The monoisotopic (exact) mass is 478 g/mol. The van der Waals surface area contributed by atoms with E-state index >= 15 is 0 Å². The Morgan fingerprint density at radius 3 is 2.09 bits per heavy atom. The molecular formula is C23H41F3N4OS. The van der Waals surface area contributed by atoms with Gasteiger partial charge in [0.1, 0.15) is 0 Å². The molecule has 0 radical (unpaired) electrons. The number of aliphatic hydroxyl groups excluding tert-OH is 1. The summed E-state index contributed by atoms with van der Waals surface area (Å²) in [5.74, 6) is 0.964. The van der Waals surface area contributed by atoms with Gasteiger partial charge in [0.05, 0.1) is 12.2 Å². The van der Waals surface area contributed by atoms with Gasteiger partial charge >= 0.3 is 6.18 Å². The summed E-state index contributed by atoms with van der Waals surface area (Å²) in [6, 6.07) is 0. The van der Waals surface area contributed by atoms with Crippen molar-refractivity contribution in [3.63, 3.8) is 0 Å². The van der Waals surface area contributed by atoms with E-state index in [0.29, 0.717) is 13.1 Å². The molecule has 0 bridgehead atoms. The van der Waals surface area contributed by atoms with Crippen molar-refractivity contribution in [3.05, 3.63) is 29.1 Å². The molecule has 1 rings (SSSR count). The molecule has 0 amide bonds. The summed E-state index contributed by atoms with van der Waals surface area (Å²) < 4.78 is 40.0. The van der Waals surface area contributed by atoms with E-state index in [2.05, 4.69) is 54.2 Å². The van der Waals surface area contributed by atoms with Crippen LogP contribution in [0.25, 0.3) is 0 Å². The van der Waals surface area contributed by atoms with Gasteiger partial charge in [-0.25, -0.2) is 14.3 Å². The van der Waals surface area contributed by atoms with Gasteiger partial charge in [-0.1, -0.05) is 57.2 Å². The molecule has 186 valence electrons. The summed E-state index contributed by atoms with van der Waals surface area (Å²) in [6.07, 6.45) is 0.0316. The van der Waals surface area contributed by atoms with Crippen LogP contribution in [-0.4, -0.2) is 51.4 Å². The predicted molar refractivity (Wildman–Crippen MR) is 130 cm³/mol. The third kappa shape index (κ3) is 10.1. The second kappa shape index (κ2) is 15.5. The molecule has 0 saturated heterocycles. The molecule has 1 unspecified atom stereocenters. The summed E-state index contributed by atoms with van der Waals surface area (Å²) in [4.78, 5) is 7.49. The first-order valence-electron chi connectivity index (χ1n) is 11.4. The van der Waals surface area contributed by atoms with Crippen LogP contribution in [0.4, 0.5) is 19.1 Å². The number of anilines is 1. The number of aromatic nitrogens is 2. The quantitative estimate of drug-likeness (QED) is 0.252. The number of rotatable bonds is 13. The van der Waals surface area contributed by atoms with E-state index in [0.717, 1.165) is 44.0 Å². The van der Waals surface area contributed by atoms with Crippen LogP contribution in [0.2, 0.25) is 0 Å². The summed E-state index contributed by atoms with van der Waals surface area (Å²) in [7, 11) is 0. The van der Waals surface area contributed by atoms with E-state index in [4.69, 9.17) is 0 Å². The largest absolute Gasteiger partial charge is 0.419 e. The molecule has 0 aliphatic carbocycles. The van der Waals surface area contributed by atoms with Crippen molar-refractivity contribution >= 4 is 17.9 Å². The maximum atomic E-state index is 12.6. The first kappa shape index (κ1) is 30.7. The van der Waals surface area contributed by atoms with Crippen molar-refractivity contribution in [3.8, 4) is 0 Å². The lowest BCUT2D eigenvalue weighted by molar-refractivity contribution is -0.138. The normalized spacial score (nSPS) is 13.2. The Morgan fingerprint density at radius 1 is 1.06 bits per heavy atom. The zero-order chi connectivity index (χ0) is 24.8. The number of aliphatic hydroxyl groups is 1. The zero-order valence-electron chi connectivity index (χ0n) is 20.6. The molecule has 0 aromatic carbocycles. The van der Waals surface area contributed by atoms with Gasteiger partial charge in [-0.3, -0.25) is 0 Å². The third-order valence-electron chi connectivity index (χ3n) is 5.20. The number of alkyl halides is 3. The van der Waals surface area contributed by atoms with Gasteiger partial charge in [0.15, 0.2) is 0 Å². The second-order valence-electron chi connectivity index (χ2n) is 7.74. The molecule has 5 nitrogen and oxygen atoms in total. The van der Waals surface area contributed by atoms with Gasteiger partial charge in [0.2, 0.25) is 5.95 Å². The maximum absolute atomic E-state index is 12.6. The van der Waals surface area contributed by atoms with Gasteiger partial charge in [-0.15, -0.1) is 0 Å². The molecule has 0 saturated carbocycles. The molecule has 9 heteroatoms. The second-order valence-corrected chi connectivity index (χ2v) is 8.80. The van der Waals surface area contributed by atoms with E-state index < -0.39 is 11.7 Å². The smallest absolute Gasteiger partial charge is 0.395 e. The van der Waals surface area contributed by atoms with Gasteiger partial charge in [0.25, 0.3) is 0 Å².